The van der Waals surface area contributed by atoms with E-state index in [1.165, 1.54) is 12.1 Å². The third-order valence-electron chi connectivity index (χ3n) is 3.18. The lowest BCUT2D eigenvalue weighted by Gasteiger charge is -2.12. The van der Waals surface area contributed by atoms with Gasteiger partial charge in [0.2, 0.25) is 0 Å². The van der Waals surface area contributed by atoms with E-state index in [1.807, 2.05) is 32.0 Å². The second kappa shape index (κ2) is 5.17. The van der Waals surface area contributed by atoms with Crippen LogP contribution in [-0.4, -0.2) is 14.7 Å². The van der Waals surface area contributed by atoms with Gasteiger partial charge < -0.3 is 10.5 Å². The second-order valence-electron chi connectivity index (χ2n) is 4.77. The van der Waals surface area contributed by atoms with Crippen LogP contribution in [0.4, 0.5) is 5.69 Å². The van der Waals surface area contributed by atoms with Crippen LogP contribution in [0, 0.1) is 13.8 Å². The first-order valence-corrected chi connectivity index (χ1v) is 8.02. The highest BCUT2D eigenvalue weighted by Crippen LogP contribution is 2.32. The minimum Gasteiger partial charge on any atom is -0.455 e. The molecule has 5 heteroatoms. The minimum atomic E-state index is -3.27. The van der Waals surface area contributed by atoms with Crippen molar-refractivity contribution in [3.63, 3.8) is 0 Å². The highest BCUT2D eigenvalue weighted by atomic mass is 32.2. The van der Waals surface area contributed by atoms with Crippen LogP contribution in [0.3, 0.4) is 0 Å². The van der Waals surface area contributed by atoms with Crippen molar-refractivity contribution < 1.29 is 13.2 Å². The van der Waals surface area contributed by atoms with Crippen molar-refractivity contribution in [2.24, 2.45) is 0 Å². The van der Waals surface area contributed by atoms with Crippen LogP contribution in [-0.2, 0) is 9.84 Å². The lowest BCUT2D eigenvalue weighted by Crippen LogP contribution is -2.00. The first kappa shape index (κ1) is 14.4. The fourth-order valence-corrected chi connectivity index (χ4v) is 2.46. The molecule has 2 aromatic carbocycles. The number of anilines is 1. The van der Waals surface area contributed by atoms with Gasteiger partial charge in [-0.2, -0.15) is 0 Å². The summed E-state index contributed by atoms with van der Waals surface area (Å²) in [7, 11) is -3.27. The highest BCUT2D eigenvalue weighted by molar-refractivity contribution is 7.90. The average molecular weight is 291 g/mol. The number of aryl methyl sites for hydroxylation is 1. The largest absolute Gasteiger partial charge is 0.455 e. The normalized spacial score (nSPS) is 11.3. The van der Waals surface area contributed by atoms with Crippen molar-refractivity contribution in [2.75, 3.05) is 12.0 Å². The van der Waals surface area contributed by atoms with E-state index >= 15 is 0 Å². The van der Waals surface area contributed by atoms with Gasteiger partial charge in [-0.05, 0) is 49.2 Å². The van der Waals surface area contributed by atoms with E-state index in [2.05, 4.69) is 0 Å². The van der Waals surface area contributed by atoms with Crippen molar-refractivity contribution in [1.82, 2.24) is 0 Å². The Morgan fingerprint density at radius 2 is 1.75 bits per heavy atom. The van der Waals surface area contributed by atoms with Crippen molar-refractivity contribution >= 4 is 15.5 Å². The third-order valence-corrected chi connectivity index (χ3v) is 4.29. The molecule has 0 radical (unpaired) electrons. The standard InChI is InChI=1S/C15H17NO3S/c1-10-5-4-6-14(11(10)2)19-15-8-7-12(9-13(15)16)20(3,17)18/h4-9H,16H2,1-3H3. The lowest BCUT2D eigenvalue weighted by atomic mass is 10.1. The molecule has 4 nitrogen and oxygen atoms in total. The maximum Gasteiger partial charge on any atom is 0.175 e. The van der Waals surface area contributed by atoms with Gasteiger partial charge in [-0.3, -0.25) is 0 Å². The number of benzene rings is 2. The Labute approximate surface area is 119 Å². The molecule has 2 rings (SSSR count). The summed E-state index contributed by atoms with van der Waals surface area (Å²) < 4.78 is 28.7. The molecular formula is C15H17NO3S. The molecule has 0 aliphatic carbocycles. The number of hydrogen-bond donors (Lipinski definition) is 1. The number of nitrogen functional groups attached to an aromatic ring is 1. The van der Waals surface area contributed by atoms with Crippen molar-refractivity contribution in [3.8, 4) is 11.5 Å². The number of sulfone groups is 1. The van der Waals surface area contributed by atoms with Crippen LogP contribution in [0.25, 0.3) is 0 Å². The molecule has 0 heterocycles. The summed E-state index contributed by atoms with van der Waals surface area (Å²) in [4.78, 5) is 0.184. The van der Waals surface area contributed by atoms with E-state index in [0.29, 0.717) is 17.2 Å². The smallest absolute Gasteiger partial charge is 0.175 e. The summed E-state index contributed by atoms with van der Waals surface area (Å²) in [5.74, 6) is 1.16. The second-order valence-corrected chi connectivity index (χ2v) is 6.79. The molecule has 0 amide bonds. The lowest BCUT2D eigenvalue weighted by molar-refractivity contribution is 0.480. The molecule has 0 saturated carbocycles. The predicted octanol–water partition coefficient (Wildman–Crippen LogP) is 3.08. The van der Waals surface area contributed by atoms with Gasteiger partial charge in [0.25, 0.3) is 0 Å². The highest BCUT2D eigenvalue weighted by Gasteiger charge is 2.11. The first-order chi connectivity index (χ1) is 9.29. The van der Waals surface area contributed by atoms with Crippen LogP contribution in [0.2, 0.25) is 0 Å². The zero-order chi connectivity index (χ0) is 14.9. The molecule has 0 spiro atoms. The summed E-state index contributed by atoms with van der Waals surface area (Å²) in [6.07, 6.45) is 1.15. The van der Waals surface area contributed by atoms with Gasteiger partial charge in [0.15, 0.2) is 9.84 Å². The van der Waals surface area contributed by atoms with Crippen molar-refractivity contribution in [1.29, 1.82) is 0 Å². The molecule has 0 aliphatic rings. The van der Waals surface area contributed by atoms with Gasteiger partial charge in [-0.15, -0.1) is 0 Å². The SMILES string of the molecule is Cc1cccc(Oc2ccc(S(C)(=O)=O)cc2N)c1C. The zero-order valence-corrected chi connectivity index (χ0v) is 12.5. The Balaban J connectivity index is 2.38. The maximum absolute atomic E-state index is 11.5. The van der Waals surface area contributed by atoms with E-state index in [9.17, 15) is 8.42 Å². The molecule has 0 saturated heterocycles. The predicted molar refractivity (Wildman–Crippen MR) is 80.0 cm³/mol. The molecule has 2 N–H and O–H groups in total. The molecule has 2 aromatic rings. The molecule has 0 aromatic heterocycles. The average Bonchev–Trinajstić information content (AvgIpc) is 2.36. The number of ether oxygens (including phenoxy) is 1. The van der Waals surface area contributed by atoms with Gasteiger partial charge in [-0.25, -0.2) is 8.42 Å². The Bertz CT molecular complexity index is 752. The molecule has 0 unspecified atom stereocenters. The number of nitrogens with two attached hydrogens (primary N) is 1. The van der Waals surface area contributed by atoms with Gasteiger partial charge in [0, 0.05) is 6.26 Å². The molecular weight excluding hydrogens is 274 g/mol. The molecule has 0 aliphatic heterocycles. The molecule has 0 fully saturated rings. The summed E-state index contributed by atoms with van der Waals surface area (Å²) in [6.45, 7) is 3.96. The fourth-order valence-electron chi connectivity index (χ4n) is 1.80. The van der Waals surface area contributed by atoms with Gasteiger partial charge in [-0.1, -0.05) is 12.1 Å². The van der Waals surface area contributed by atoms with Gasteiger partial charge in [0.1, 0.15) is 11.5 Å². The van der Waals surface area contributed by atoms with E-state index in [0.717, 1.165) is 17.4 Å². The summed E-state index contributed by atoms with van der Waals surface area (Å²) in [6, 6.07) is 10.2. The van der Waals surface area contributed by atoms with E-state index in [4.69, 9.17) is 10.5 Å². The molecule has 20 heavy (non-hydrogen) atoms. The van der Waals surface area contributed by atoms with Crippen LogP contribution in [0.5, 0.6) is 11.5 Å². The van der Waals surface area contributed by atoms with Crippen molar-refractivity contribution in [2.45, 2.75) is 18.7 Å². The minimum absolute atomic E-state index is 0.184. The quantitative estimate of drug-likeness (QED) is 0.882. The third kappa shape index (κ3) is 2.93. The van der Waals surface area contributed by atoms with Crippen LogP contribution < -0.4 is 10.5 Å². The number of hydrogen-bond acceptors (Lipinski definition) is 4. The van der Waals surface area contributed by atoms with Crippen LogP contribution in [0.15, 0.2) is 41.3 Å². The zero-order valence-electron chi connectivity index (χ0n) is 11.7. The van der Waals surface area contributed by atoms with E-state index < -0.39 is 9.84 Å². The summed E-state index contributed by atoms with van der Waals surface area (Å²) >= 11 is 0. The fraction of sp³-hybridized carbons (Fsp3) is 0.200. The first-order valence-electron chi connectivity index (χ1n) is 6.12. The monoisotopic (exact) mass is 291 g/mol. The van der Waals surface area contributed by atoms with E-state index in [1.54, 1.807) is 6.07 Å². The van der Waals surface area contributed by atoms with E-state index in [-0.39, 0.29) is 4.90 Å². The van der Waals surface area contributed by atoms with Gasteiger partial charge >= 0.3 is 0 Å². The Morgan fingerprint density at radius 1 is 1.05 bits per heavy atom. The van der Waals surface area contributed by atoms with Gasteiger partial charge in [0.05, 0.1) is 10.6 Å². The Hall–Kier alpha value is -2.01. The molecule has 106 valence electrons. The van der Waals surface area contributed by atoms with Crippen LogP contribution >= 0.6 is 0 Å². The maximum atomic E-state index is 11.5. The van der Waals surface area contributed by atoms with Crippen LogP contribution in [0.1, 0.15) is 11.1 Å². The Kier molecular flexibility index (Phi) is 3.72. The molecule has 0 bridgehead atoms. The number of rotatable bonds is 3. The summed E-state index contributed by atoms with van der Waals surface area (Å²) in [5.41, 5.74) is 8.31. The summed E-state index contributed by atoms with van der Waals surface area (Å²) in [5, 5.41) is 0. The Morgan fingerprint density at radius 3 is 2.35 bits per heavy atom. The van der Waals surface area contributed by atoms with Crippen molar-refractivity contribution in [3.05, 3.63) is 47.5 Å². The topological polar surface area (TPSA) is 69.4 Å². The molecule has 0 atom stereocenters.